The van der Waals surface area contributed by atoms with Gasteiger partial charge in [0.15, 0.2) is 0 Å². The highest BCUT2D eigenvalue weighted by atomic mass is 79.9. The van der Waals surface area contributed by atoms with Crippen LogP contribution in [0.1, 0.15) is 31.9 Å². The molecule has 0 amide bonds. The molecule has 1 aromatic heterocycles. The second-order valence-corrected chi connectivity index (χ2v) is 6.53. The van der Waals surface area contributed by atoms with Crippen molar-refractivity contribution in [3.63, 3.8) is 0 Å². The van der Waals surface area contributed by atoms with E-state index in [0.717, 1.165) is 23.1 Å². The van der Waals surface area contributed by atoms with Crippen molar-refractivity contribution in [1.82, 2.24) is 10.3 Å². The first-order valence-electron chi connectivity index (χ1n) is 7.25. The Morgan fingerprint density at radius 1 is 1.47 bits per heavy atom. The topological polar surface area (TPSA) is 34.2 Å². The lowest BCUT2D eigenvalue weighted by Gasteiger charge is -2.29. The summed E-state index contributed by atoms with van der Waals surface area (Å²) in [6.07, 6.45) is 7.60. The van der Waals surface area contributed by atoms with Gasteiger partial charge in [-0.2, -0.15) is 0 Å². The molecule has 2 saturated heterocycles. The van der Waals surface area contributed by atoms with E-state index in [1.807, 2.05) is 6.20 Å². The van der Waals surface area contributed by atoms with E-state index in [1.165, 1.54) is 19.3 Å². The Kier molecular flexibility index (Phi) is 4.20. The molecular formula is C15H21BrN2O. The number of rotatable bonds is 5. The SMILES string of the molecule is CCNC(Cc1ccc(Br)cn1)C1CC2CCC1O2. The summed E-state index contributed by atoms with van der Waals surface area (Å²) in [7, 11) is 0. The molecule has 3 heterocycles. The molecule has 0 radical (unpaired) electrons. The van der Waals surface area contributed by atoms with Crippen LogP contribution in [-0.4, -0.2) is 29.8 Å². The standard InChI is InChI=1S/C15H21BrN2O/c1-2-17-14(7-11-4-3-10(16)9-18-11)13-8-12-5-6-15(13)19-12/h3-4,9,12-15,17H,2,5-8H2,1H3. The van der Waals surface area contributed by atoms with Gasteiger partial charge in [0, 0.05) is 34.7 Å². The lowest BCUT2D eigenvalue weighted by atomic mass is 9.82. The minimum absolute atomic E-state index is 0.476. The quantitative estimate of drug-likeness (QED) is 0.904. The van der Waals surface area contributed by atoms with Crippen LogP contribution in [0.2, 0.25) is 0 Å². The Morgan fingerprint density at radius 2 is 2.37 bits per heavy atom. The van der Waals surface area contributed by atoms with Crippen molar-refractivity contribution in [3.05, 3.63) is 28.5 Å². The van der Waals surface area contributed by atoms with Crippen LogP contribution in [0, 0.1) is 5.92 Å². The van der Waals surface area contributed by atoms with Crippen LogP contribution in [0.3, 0.4) is 0 Å². The highest BCUT2D eigenvalue weighted by Gasteiger charge is 2.44. The third-order valence-corrected chi connectivity index (χ3v) is 4.82. The van der Waals surface area contributed by atoms with Crippen molar-refractivity contribution < 1.29 is 4.74 Å². The fourth-order valence-corrected chi connectivity index (χ4v) is 3.72. The molecule has 104 valence electrons. The predicted molar refractivity (Wildman–Crippen MR) is 79.1 cm³/mol. The van der Waals surface area contributed by atoms with Gasteiger partial charge >= 0.3 is 0 Å². The Balaban J connectivity index is 1.68. The number of nitrogens with zero attached hydrogens (tertiary/aromatic N) is 1. The van der Waals surface area contributed by atoms with Crippen molar-refractivity contribution in [2.75, 3.05) is 6.54 Å². The molecule has 4 atom stereocenters. The van der Waals surface area contributed by atoms with Crippen molar-refractivity contribution >= 4 is 15.9 Å². The number of halogens is 1. The van der Waals surface area contributed by atoms with Crippen molar-refractivity contribution in [3.8, 4) is 0 Å². The molecule has 19 heavy (non-hydrogen) atoms. The smallest absolute Gasteiger partial charge is 0.0623 e. The first kappa shape index (κ1) is 13.5. The molecule has 2 aliphatic heterocycles. The minimum Gasteiger partial charge on any atom is -0.375 e. The van der Waals surface area contributed by atoms with E-state index in [2.05, 4.69) is 45.3 Å². The molecule has 0 aromatic carbocycles. The molecule has 4 heteroatoms. The van der Waals surface area contributed by atoms with Crippen LogP contribution in [0.5, 0.6) is 0 Å². The van der Waals surface area contributed by atoms with Gasteiger partial charge in [0.25, 0.3) is 0 Å². The van der Waals surface area contributed by atoms with Crippen LogP contribution < -0.4 is 5.32 Å². The maximum atomic E-state index is 6.00. The number of likely N-dealkylation sites (N-methyl/N-ethyl adjacent to an activating group) is 1. The van der Waals surface area contributed by atoms with E-state index in [-0.39, 0.29) is 0 Å². The monoisotopic (exact) mass is 324 g/mol. The van der Waals surface area contributed by atoms with Crippen LogP contribution in [0.15, 0.2) is 22.8 Å². The zero-order valence-electron chi connectivity index (χ0n) is 11.3. The molecule has 0 saturated carbocycles. The molecule has 3 rings (SSSR count). The number of hydrogen-bond acceptors (Lipinski definition) is 3. The summed E-state index contributed by atoms with van der Waals surface area (Å²) in [4.78, 5) is 4.51. The van der Waals surface area contributed by atoms with Gasteiger partial charge in [-0.3, -0.25) is 4.98 Å². The van der Waals surface area contributed by atoms with Crippen molar-refractivity contribution in [1.29, 1.82) is 0 Å². The summed E-state index contributed by atoms with van der Waals surface area (Å²) in [5.41, 5.74) is 1.16. The predicted octanol–water partition coefficient (Wildman–Crippen LogP) is 2.93. The Morgan fingerprint density at radius 3 is 2.95 bits per heavy atom. The third kappa shape index (κ3) is 3.01. The van der Waals surface area contributed by atoms with E-state index >= 15 is 0 Å². The van der Waals surface area contributed by atoms with E-state index in [1.54, 1.807) is 0 Å². The van der Waals surface area contributed by atoms with Crippen molar-refractivity contribution in [2.24, 2.45) is 5.92 Å². The van der Waals surface area contributed by atoms with E-state index in [4.69, 9.17) is 4.74 Å². The zero-order chi connectivity index (χ0) is 13.2. The molecule has 2 fully saturated rings. The van der Waals surface area contributed by atoms with E-state index < -0.39 is 0 Å². The first-order chi connectivity index (χ1) is 9.26. The molecular weight excluding hydrogens is 304 g/mol. The zero-order valence-corrected chi connectivity index (χ0v) is 12.9. The number of nitrogens with one attached hydrogen (secondary N) is 1. The summed E-state index contributed by atoms with van der Waals surface area (Å²) in [6, 6.07) is 4.68. The van der Waals surface area contributed by atoms with Gasteiger partial charge in [0.2, 0.25) is 0 Å². The molecule has 3 nitrogen and oxygen atoms in total. The lowest BCUT2D eigenvalue weighted by Crippen LogP contribution is -2.42. The summed E-state index contributed by atoms with van der Waals surface area (Å²) in [5.74, 6) is 0.657. The van der Waals surface area contributed by atoms with Crippen LogP contribution in [0.4, 0.5) is 0 Å². The molecule has 4 unspecified atom stereocenters. The molecule has 1 N–H and O–H groups in total. The molecule has 1 aromatic rings. The van der Waals surface area contributed by atoms with Crippen LogP contribution in [0.25, 0.3) is 0 Å². The Labute approximate surface area is 123 Å². The molecule has 0 spiro atoms. The average Bonchev–Trinajstić information content (AvgIpc) is 3.03. The Hall–Kier alpha value is -0.450. The normalized spacial score (nSPS) is 30.7. The minimum atomic E-state index is 0.476. The molecule has 2 bridgehead atoms. The van der Waals surface area contributed by atoms with Gasteiger partial charge in [0.1, 0.15) is 0 Å². The average molecular weight is 325 g/mol. The first-order valence-corrected chi connectivity index (χ1v) is 8.05. The summed E-state index contributed by atoms with van der Waals surface area (Å²) < 4.78 is 7.04. The molecule has 0 aliphatic carbocycles. The van der Waals surface area contributed by atoms with Gasteiger partial charge in [-0.15, -0.1) is 0 Å². The van der Waals surface area contributed by atoms with E-state index in [9.17, 15) is 0 Å². The maximum Gasteiger partial charge on any atom is 0.0623 e. The number of ether oxygens (including phenoxy) is 1. The van der Waals surface area contributed by atoms with Gasteiger partial charge in [-0.05, 0) is 53.9 Å². The number of pyridine rings is 1. The second kappa shape index (κ2) is 5.90. The summed E-state index contributed by atoms with van der Waals surface area (Å²) >= 11 is 3.44. The fraction of sp³-hybridized carbons (Fsp3) is 0.667. The number of hydrogen-bond donors (Lipinski definition) is 1. The Bertz CT molecular complexity index is 423. The number of fused-ring (bicyclic) bond motifs is 2. The van der Waals surface area contributed by atoms with Gasteiger partial charge < -0.3 is 10.1 Å². The summed E-state index contributed by atoms with van der Waals surface area (Å²) in [5, 5.41) is 3.64. The number of aromatic nitrogens is 1. The van der Waals surface area contributed by atoms with Gasteiger partial charge in [-0.25, -0.2) is 0 Å². The van der Waals surface area contributed by atoms with Crippen LogP contribution >= 0.6 is 15.9 Å². The highest BCUT2D eigenvalue weighted by molar-refractivity contribution is 9.10. The van der Waals surface area contributed by atoms with Gasteiger partial charge in [0.05, 0.1) is 12.2 Å². The maximum absolute atomic E-state index is 6.00. The lowest BCUT2D eigenvalue weighted by molar-refractivity contribution is 0.0858. The van der Waals surface area contributed by atoms with Gasteiger partial charge in [-0.1, -0.05) is 6.92 Å². The van der Waals surface area contributed by atoms with Crippen molar-refractivity contribution in [2.45, 2.75) is 50.9 Å². The summed E-state index contributed by atoms with van der Waals surface area (Å²) in [6.45, 7) is 3.19. The largest absolute Gasteiger partial charge is 0.375 e. The van der Waals surface area contributed by atoms with Crippen LogP contribution in [-0.2, 0) is 11.2 Å². The van der Waals surface area contributed by atoms with E-state index in [0.29, 0.717) is 24.2 Å². The fourth-order valence-electron chi connectivity index (χ4n) is 3.49. The second-order valence-electron chi connectivity index (χ2n) is 5.61. The highest BCUT2D eigenvalue weighted by Crippen LogP contribution is 2.40. The molecule has 2 aliphatic rings. The third-order valence-electron chi connectivity index (χ3n) is 4.35.